The second kappa shape index (κ2) is 5.74. The summed E-state index contributed by atoms with van der Waals surface area (Å²) < 4.78 is 27.2. The minimum atomic E-state index is -3.27. The third-order valence-electron chi connectivity index (χ3n) is 3.53. The van der Waals surface area contributed by atoms with E-state index >= 15 is 0 Å². The molecule has 0 bridgehead atoms. The quantitative estimate of drug-likeness (QED) is 0.897. The Bertz CT molecular complexity index is 574. The Morgan fingerprint density at radius 2 is 2.05 bits per heavy atom. The van der Waals surface area contributed by atoms with Gasteiger partial charge in [0.15, 0.2) is 0 Å². The van der Waals surface area contributed by atoms with Crippen molar-refractivity contribution in [2.45, 2.75) is 40.2 Å². The Labute approximate surface area is 122 Å². The van der Waals surface area contributed by atoms with E-state index in [1.165, 1.54) is 5.56 Å². The molecule has 4 nitrogen and oxygen atoms in total. The SMILES string of the molecule is CC(C)(C)CCS(=O)(=O)Nc1cccc2c1CCNC2. The smallest absolute Gasteiger partial charge is 0.232 e. The van der Waals surface area contributed by atoms with Crippen LogP contribution in [-0.2, 0) is 23.0 Å². The van der Waals surface area contributed by atoms with Crippen LogP contribution in [0.5, 0.6) is 0 Å². The molecule has 112 valence electrons. The summed E-state index contributed by atoms with van der Waals surface area (Å²) in [5, 5.41) is 3.30. The lowest BCUT2D eigenvalue weighted by atomic mass is 9.94. The van der Waals surface area contributed by atoms with Crippen LogP contribution in [-0.4, -0.2) is 20.7 Å². The zero-order valence-corrected chi connectivity index (χ0v) is 13.3. The summed E-state index contributed by atoms with van der Waals surface area (Å²) in [6.45, 7) is 7.87. The van der Waals surface area contributed by atoms with Crippen LogP contribution in [0.25, 0.3) is 0 Å². The lowest BCUT2D eigenvalue weighted by molar-refractivity contribution is 0.397. The van der Waals surface area contributed by atoms with Crippen molar-refractivity contribution in [3.63, 3.8) is 0 Å². The number of anilines is 1. The van der Waals surface area contributed by atoms with Crippen LogP contribution in [0.15, 0.2) is 18.2 Å². The number of nitrogens with one attached hydrogen (secondary N) is 2. The van der Waals surface area contributed by atoms with Crippen molar-refractivity contribution >= 4 is 15.7 Å². The first-order valence-corrected chi connectivity index (χ1v) is 8.74. The first-order valence-electron chi connectivity index (χ1n) is 7.09. The van der Waals surface area contributed by atoms with E-state index in [0.717, 1.165) is 30.8 Å². The van der Waals surface area contributed by atoms with E-state index in [4.69, 9.17) is 0 Å². The molecule has 0 saturated heterocycles. The van der Waals surface area contributed by atoms with Crippen LogP contribution in [0.4, 0.5) is 5.69 Å². The highest BCUT2D eigenvalue weighted by Crippen LogP contribution is 2.25. The average Bonchev–Trinajstić information content (AvgIpc) is 2.36. The molecule has 1 aliphatic heterocycles. The van der Waals surface area contributed by atoms with Crippen molar-refractivity contribution in [3.8, 4) is 0 Å². The van der Waals surface area contributed by atoms with Crippen LogP contribution >= 0.6 is 0 Å². The summed E-state index contributed by atoms with van der Waals surface area (Å²) in [7, 11) is -3.27. The summed E-state index contributed by atoms with van der Waals surface area (Å²) in [6.07, 6.45) is 1.52. The Morgan fingerprint density at radius 3 is 2.75 bits per heavy atom. The molecule has 0 unspecified atom stereocenters. The fourth-order valence-corrected chi connectivity index (χ4v) is 3.80. The van der Waals surface area contributed by atoms with E-state index in [2.05, 4.69) is 36.9 Å². The van der Waals surface area contributed by atoms with Crippen molar-refractivity contribution in [1.29, 1.82) is 0 Å². The zero-order valence-electron chi connectivity index (χ0n) is 12.5. The van der Waals surface area contributed by atoms with Crippen molar-refractivity contribution < 1.29 is 8.42 Å². The highest BCUT2D eigenvalue weighted by molar-refractivity contribution is 7.92. The molecule has 0 aliphatic carbocycles. The normalized spacial score (nSPS) is 15.8. The summed E-state index contributed by atoms with van der Waals surface area (Å²) in [5.74, 6) is 0.165. The van der Waals surface area contributed by atoms with Gasteiger partial charge in [-0.05, 0) is 42.0 Å². The fourth-order valence-electron chi connectivity index (χ4n) is 2.29. The summed E-state index contributed by atoms with van der Waals surface area (Å²) in [6, 6.07) is 5.82. The molecule has 20 heavy (non-hydrogen) atoms. The number of sulfonamides is 1. The van der Waals surface area contributed by atoms with Gasteiger partial charge >= 0.3 is 0 Å². The third kappa shape index (κ3) is 4.21. The maximum atomic E-state index is 12.2. The number of benzene rings is 1. The monoisotopic (exact) mass is 296 g/mol. The lowest BCUT2D eigenvalue weighted by Gasteiger charge is -2.22. The minimum absolute atomic E-state index is 0.0226. The van der Waals surface area contributed by atoms with Gasteiger partial charge in [-0.1, -0.05) is 32.9 Å². The molecule has 1 aliphatic rings. The van der Waals surface area contributed by atoms with Gasteiger partial charge in [-0.2, -0.15) is 0 Å². The predicted molar refractivity (Wildman–Crippen MR) is 83.3 cm³/mol. The second-order valence-corrected chi connectivity index (χ2v) is 8.44. The Balaban J connectivity index is 2.13. The molecule has 0 spiro atoms. The van der Waals surface area contributed by atoms with Gasteiger partial charge in [-0.3, -0.25) is 4.72 Å². The molecular weight excluding hydrogens is 272 g/mol. The minimum Gasteiger partial charge on any atom is -0.312 e. The highest BCUT2D eigenvalue weighted by Gasteiger charge is 2.20. The van der Waals surface area contributed by atoms with Crippen molar-refractivity contribution in [2.75, 3.05) is 17.0 Å². The lowest BCUT2D eigenvalue weighted by Crippen LogP contribution is -2.26. The predicted octanol–water partition coefficient (Wildman–Crippen LogP) is 2.51. The maximum absolute atomic E-state index is 12.2. The van der Waals surface area contributed by atoms with Crippen molar-refractivity contribution in [3.05, 3.63) is 29.3 Å². The molecular formula is C15H24N2O2S. The van der Waals surface area contributed by atoms with Gasteiger partial charge in [-0.15, -0.1) is 0 Å². The summed E-state index contributed by atoms with van der Waals surface area (Å²) in [4.78, 5) is 0. The van der Waals surface area contributed by atoms with Gasteiger partial charge in [0.1, 0.15) is 0 Å². The molecule has 0 radical (unpaired) electrons. The van der Waals surface area contributed by atoms with Crippen LogP contribution in [0, 0.1) is 5.41 Å². The number of rotatable bonds is 4. The van der Waals surface area contributed by atoms with E-state index in [1.54, 1.807) is 0 Å². The Morgan fingerprint density at radius 1 is 1.30 bits per heavy atom. The maximum Gasteiger partial charge on any atom is 0.232 e. The molecule has 0 saturated carbocycles. The van der Waals surface area contributed by atoms with Crippen LogP contribution in [0.2, 0.25) is 0 Å². The first-order chi connectivity index (χ1) is 9.27. The molecule has 0 atom stereocenters. The first kappa shape index (κ1) is 15.3. The Hall–Kier alpha value is -1.07. The topological polar surface area (TPSA) is 58.2 Å². The van der Waals surface area contributed by atoms with Crippen molar-refractivity contribution in [1.82, 2.24) is 5.32 Å². The fraction of sp³-hybridized carbons (Fsp3) is 0.600. The molecule has 1 heterocycles. The summed E-state index contributed by atoms with van der Waals surface area (Å²) in [5.41, 5.74) is 3.09. The standard InChI is InChI=1S/C15H24N2O2S/c1-15(2,3)8-10-20(18,19)17-14-6-4-5-12-11-16-9-7-13(12)14/h4-6,16-17H,7-11H2,1-3H3. The third-order valence-corrected chi connectivity index (χ3v) is 4.80. The van der Waals surface area contributed by atoms with Crippen molar-refractivity contribution in [2.24, 2.45) is 5.41 Å². The van der Waals surface area contributed by atoms with Gasteiger partial charge in [0.05, 0.1) is 11.4 Å². The molecule has 0 fully saturated rings. The molecule has 1 aromatic carbocycles. The van der Waals surface area contributed by atoms with Crippen LogP contribution < -0.4 is 10.0 Å². The summed E-state index contributed by atoms with van der Waals surface area (Å²) >= 11 is 0. The van der Waals surface area contributed by atoms with E-state index < -0.39 is 10.0 Å². The van der Waals surface area contributed by atoms with Gasteiger partial charge in [-0.25, -0.2) is 8.42 Å². The number of hydrogen-bond donors (Lipinski definition) is 2. The molecule has 5 heteroatoms. The highest BCUT2D eigenvalue weighted by atomic mass is 32.2. The van der Waals surface area contributed by atoms with E-state index in [-0.39, 0.29) is 11.2 Å². The zero-order chi connectivity index (χ0) is 14.8. The van der Waals surface area contributed by atoms with Gasteiger partial charge in [0, 0.05) is 6.54 Å². The van der Waals surface area contributed by atoms with E-state index in [9.17, 15) is 8.42 Å². The number of fused-ring (bicyclic) bond motifs is 1. The van der Waals surface area contributed by atoms with Gasteiger partial charge in [0.25, 0.3) is 0 Å². The molecule has 0 aromatic heterocycles. The second-order valence-electron chi connectivity index (χ2n) is 6.60. The number of hydrogen-bond acceptors (Lipinski definition) is 3. The molecule has 0 amide bonds. The molecule has 2 N–H and O–H groups in total. The molecule has 1 aromatic rings. The van der Waals surface area contributed by atoms with E-state index in [1.807, 2.05) is 12.1 Å². The van der Waals surface area contributed by atoms with Crippen LogP contribution in [0.3, 0.4) is 0 Å². The van der Waals surface area contributed by atoms with Gasteiger partial charge < -0.3 is 5.32 Å². The Kier molecular flexibility index (Phi) is 4.39. The van der Waals surface area contributed by atoms with Crippen LogP contribution in [0.1, 0.15) is 38.3 Å². The molecule has 2 rings (SSSR count). The van der Waals surface area contributed by atoms with E-state index in [0.29, 0.717) is 6.42 Å². The van der Waals surface area contributed by atoms with Gasteiger partial charge in [0.2, 0.25) is 10.0 Å². The average molecular weight is 296 g/mol. The largest absolute Gasteiger partial charge is 0.312 e.